The molecule has 2 aromatic heterocycles. The SMILES string of the molecule is CNc1ncccc1-c1noc(C(Oc2ccc(Br)cc2)c2ccc(Cl)cc2)n1. The van der Waals surface area contributed by atoms with Gasteiger partial charge in [-0.2, -0.15) is 4.98 Å². The van der Waals surface area contributed by atoms with Crippen molar-refractivity contribution >= 4 is 33.3 Å². The molecule has 0 aliphatic carbocycles. The average Bonchev–Trinajstić information content (AvgIpc) is 3.24. The average molecular weight is 472 g/mol. The lowest BCUT2D eigenvalue weighted by Crippen LogP contribution is -2.10. The molecule has 0 saturated carbocycles. The highest BCUT2D eigenvalue weighted by Gasteiger charge is 2.24. The highest BCUT2D eigenvalue weighted by atomic mass is 79.9. The molecule has 1 unspecified atom stereocenters. The Hall–Kier alpha value is -2.90. The molecule has 8 heteroatoms. The van der Waals surface area contributed by atoms with Crippen LogP contribution in [0.5, 0.6) is 5.75 Å². The molecule has 2 heterocycles. The Balaban J connectivity index is 1.72. The Bertz CT molecular complexity index is 1100. The maximum Gasteiger partial charge on any atom is 0.272 e. The van der Waals surface area contributed by atoms with E-state index in [0.29, 0.717) is 28.3 Å². The zero-order valence-corrected chi connectivity index (χ0v) is 17.7. The molecule has 0 fully saturated rings. The monoisotopic (exact) mass is 470 g/mol. The Kier molecular flexibility index (Phi) is 5.78. The maximum absolute atomic E-state index is 6.20. The number of anilines is 1. The standard InChI is InChI=1S/C21H16BrClN4O2/c1-24-19-17(3-2-12-25-19)20-26-21(29-27-20)18(13-4-8-15(23)9-5-13)28-16-10-6-14(22)7-11-16/h2-12,18H,1H3,(H,24,25). The molecule has 0 saturated heterocycles. The summed E-state index contributed by atoms with van der Waals surface area (Å²) in [5.74, 6) is 2.09. The highest BCUT2D eigenvalue weighted by Crippen LogP contribution is 2.31. The summed E-state index contributed by atoms with van der Waals surface area (Å²) < 4.78 is 12.7. The van der Waals surface area contributed by atoms with E-state index in [1.54, 1.807) is 25.4 Å². The van der Waals surface area contributed by atoms with Gasteiger partial charge >= 0.3 is 0 Å². The van der Waals surface area contributed by atoms with Gasteiger partial charge in [0.25, 0.3) is 5.89 Å². The van der Waals surface area contributed by atoms with Gasteiger partial charge < -0.3 is 14.6 Å². The predicted molar refractivity (Wildman–Crippen MR) is 115 cm³/mol. The number of hydrogen-bond donors (Lipinski definition) is 1. The van der Waals surface area contributed by atoms with E-state index in [0.717, 1.165) is 15.6 Å². The van der Waals surface area contributed by atoms with Gasteiger partial charge in [-0.25, -0.2) is 4.98 Å². The van der Waals surface area contributed by atoms with Crippen LogP contribution < -0.4 is 10.1 Å². The molecule has 0 radical (unpaired) electrons. The molecule has 146 valence electrons. The van der Waals surface area contributed by atoms with E-state index >= 15 is 0 Å². The molecule has 0 aliphatic heterocycles. The van der Waals surface area contributed by atoms with Crippen molar-refractivity contribution in [2.75, 3.05) is 12.4 Å². The van der Waals surface area contributed by atoms with Crippen LogP contribution in [0.2, 0.25) is 5.02 Å². The van der Waals surface area contributed by atoms with Crippen molar-refractivity contribution in [3.63, 3.8) is 0 Å². The number of ether oxygens (including phenoxy) is 1. The van der Waals surface area contributed by atoms with Gasteiger partial charge in [0.1, 0.15) is 11.6 Å². The first kappa shape index (κ1) is 19.4. The van der Waals surface area contributed by atoms with Gasteiger partial charge in [0.05, 0.1) is 5.56 Å². The third-order valence-electron chi connectivity index (χ3n) is 4.19. The smallest absolute Gasteiger partial charge is 0.272 e. The molecular weight excluding hydrogens is 456 g/mol. The molecule has 0 bridgehead atoms. The third kappa shape index (κ3) is 4.41. The van der Waals surface area contributed by atoms with Crippen LogP contribution in [0.4, 0.5) is 5.82 Å². The molecule has 29 heavy (non-hydrogen) atoms. The number of benzene rings is 2. The van der Waals surface area contributed by atoms with Crippen molar-refractivity contribution in [2.24, 2.45) is 0 Å². The minimum Gasteiger partial charge on any atom is -0.476 e. The van der Waals surface area contributed by atoms with Crippen molar-refractivity contribution in [1.29, 1.82) is 0 Å². The predicted octanol–water partition coefficient (Wildman–Crippen LogP) is 5.76. The molecule has 1 N–H and O–H groups in total. The van der Waals surface area contributed by atoms with Gasteiger partial charge in [-0.3, -0.25) is 0 Å². The first-order chi connectivity index (χ1) is 14.1. The first-order valence-electron chi connectivity index (χ1n) is 8.78. The molecule has 0 aliphatic rings. The fourth-order valence-electron chi connectivity index (χ4n) is 2.78. The first-order valence-corrected chi connectivity index (χ1v) is 9.95. The van der Waals surface area contributed by atoms with E-state index in [4.69, 9.17) is 20.9 Å². The topological polar surface area (TPSA) is 73.1 Å². The summed E-state index contributed by atoms with van der Waals surface area (Å²) in [6.45, 7) is 0. The fourth-order valence-corrected chi connectivity index (χ4v) is 3.17. The summed E-state index contributed by atoms with van der Waals surface area (Å²) in [4.78, 5) is 8.87. The Labute approximate surface area is 181 Å². The summed E-state index contributed by atoms with van der Waals surface area (Å²) >= 11 is 9.48. The molecule has 6 nitrogen and oxygen atoms in total. The van der Waals surface area contributed by atoms with Crippen molar-refractivity contribution in [1.82, 2.24) is 15.1 Å². The minimum absolute atomic E-state index is 0.330. The van der Waals surface area contributed by atoms with Crippen LogP contribution in [0.1, 0.15) is 17.6 Å². The highest BCUT2D eigenvalue weighted by molar-refractivity contribution is 9.10. The molecule has 1 atom stereocenters. The van der Waals surface area contributed by atoms with Crippen LogP contribution in [0.15, 0.2) is 75.9 Å². The molecule has 4 rings (SSSR count). The van der Waals surface area contributed by atoms with E-state index in [1.807, 2.05) is 48.5 Å². The number of nitrogens with one attached hydrogen (secondary N) is 1. The Morgan fingerprint density at radius 1 is 1.07 bits per heavy atom. The van der Waals surface area contributed by atoms with E-state index in [2.05, 4.69) is 36.4 Å². The number of aromatic nitrogens is 3. The lowest BCUT2D eigenvalue weighted by molar-refractivity contribution is 0.193. The quantitative estimate of drug-likeness (QED) is 0.385. The van der Waals surface area contributed by atoms with Crippen LogP contribution in [0.25, 0.3) is 11.4 Å². The minimum atomic E-state index is -0.593. The van der Waals surface area contributed by atoms with Crippen LogP contribution in [-0.2, 0) is 0 Å². The van der Waals surface area contributed by atoms with E-state index < -0.39 is 6.10 Å². The molecule has 0 spiro atoms. The largest absolute Gasteiger partial charge is 0.476 e. The maximum atomic E-state index is 6.20. The van der Waals surface area contributed by atoms with Gasteiger partial charge in [-0.1, -0.05) is 44.8 Å². The number of pyridine rings is 1. The van der Waals surface area contributed by atoms with Crippen molar-refractivity contribution < 1.29 is 9.26 Å². The van der Waals surface area contributed by atoms with Crippen molar-refractivity contribution in [3.05, 3.63) is 87.8 Å². The number of nitrogens with zero attached hydrogens (tertiary/aromatic N) is 3. The zero-order chi connectivity index (χ0) is 20.2. The van der Waals surface area contributed by atoms with Gasteiger partial charge in [-0.05, 0) is 48.5 Å². The lowest BCUT2D eigenvalue weighted by atomic mass is 10.1. The number of rotatable bonds is 6. The number of hydrogen-bond acceptors (Lipinski definition) is 6. The van der Waals surface area contributed by atoms with E-state index in [-0.39, 0.29) is 0 Å². The molecule has 2 aromatic carbocycles. The van der Waals surface area contributed by atoms with Crippen LogP contribution in [0, 0.1) is 0 Å². The molecular formula is C21H16BrClN4O2. The van der Waals surface area contributed by atoms with Gasteiger partial charge in [0, 0.05) is 28.3 Å². The van der Waals surface area contributed by atoms with Crippen LogP contribution in [0.3, 0.4) is 0 Å². The summed E-state index contributed by atoms with van der Waals surface area (Å²) in [7, 11) is 1.79. The second-order valence-corrected chi connectivity index (χ2v) is 7.46. The van der Waals surface area contributed by atoms with E-state index in [1.165, 1.54) is 0 Å². The van der Waals surface area contributed by atoms with Gasteiger partial charge in [0.2, 0.25) is 11.9 Å². The summed E-state index contributed by atoms with van der Waals surface area (Å²) in [6, 6.07) is 18.6. The lowest BCUT2D eigenvalue weighted by Gasteiger charge is -2.16. The van der Waals surface area contributed by atoms with Gasteiger partial charge in [-0.15, -0.1) is 0 Å². The van der Waals surface area contributed by atoms with Crippen LogP contribution >= 0.6 is 27.5 Å². The van der Waals surface area contributed by atoms with Crippen LogP contribution in [-0.4, -0.2) is 22.2 Å². The second-order valence-electron chi connectivity index (χ2n) is 6.11. The van der Waals surface area contributed by atoms with E-state index in [9.17, 15) is 0 Å². The van der Waals surface area contributed by atoms with Crippen molar-refractivity contribution in [2.45, 2.75) is 6.10 Å². The van der Waals surface area contributed by atoms with Gasteiger partial charge in [0.15, 0.2) is 0 Å². The summed E-state index contributed by atoms with van der Waals surface area (Å²) in [5, 5.41) is 7.80. The second kappa shape index (κ2) is 8.63. The third-order valence-corrected chi connectivity index (χ3v) is 4.97. The normalized spacial score (nSPS) is 11.8. The summed E-state index contributed by atoms with van der Waals surface area (Å²) in [6.07, 6.45) is 1.10. The molecule has 0 amide bonds. The Morgan fingerprint density at radius 3 is 2.55 bits per heavy atom. The molecule has 4 aromatic rings. The zero-order valence-electron chi connectivity index (χ0n) is 15.3. The Morgan fingerprint density at radius 2 is 1.83 bits per heavy atom. The van der Waals surface area contributed by atoms with Crippen molar-refractivity contribution in [3.8, 4) is 17.1 Å². The fraction of sp³-hybridized carbons (Fsp3) is 0.0952. The number of halogens is 2. The summed E-state index contributed by atoms with van der Waals surface area (Å²) in [5.41, 5.74) is 1.58.